The minimum Gasteiger partial charge on any atom is -0.353 e. The highest BCUT2D eigenvalue weighted by atomic mass is 15.0. The second-order valence-corrected chi connectivity index (χ2v) is 5.18. The second kappa shape index (κ2) is 4.70. The number of nitrogens with zero attached hydrogens (tertiary/aromatic N) is 1. The van der Waals surface area contributed by atoms with Crippen molar-refractivity contribution in [2.24, 2.45) is 17.8 Å². The average molecular weight is 191 g/mol. The van der Waals surface area contributed by atoms with Crippen molar-refractivity contribution in [2.75, 3.05) is 13.1 Å². The Hall–Kier alpha value is 0.0249. The summed E-state index contributed by atoms with van der Waals surface area (Å²) in [6.45, 7) is 4.55. The fourth-order valence-corrected chi connectivity index (χ4v) is 2.99. The Bertz CT molecular complexity index is 175. The Morgan fingerprint density at radius 2 is 2.00 bits per heavy atom. The van der Waals surface area contributed by atoms with Crippen LogP contribution in [0.1, 0.15) is 45.4 Å². The van der Waals surface area contributed by atoms with Crippen LogP contribution in [0.2, 0.25) is 0 Å². The van der Waals surface area contributed by atoms with Gasteiger partial charge in [0.1, 0.15) is 0 Å². The Labute approximate surface area is 89.7 Å². The van der Waals surface area contributed by atoms with Crippen molar-refractivity contribution in [3.63, 3.8) is 0 Å². The van der Waals surface area contributed by atoms with Crippen LogP contribution in [0.15, 0.2) is 0 Å². The highest BCUT2D eigenvalue weighted by molar-refractivity contribution is 6.04. The zero-order chi connectivity index (χ0) is 9.97. The van der Waals surface area contributed by atoms with E-state index < -0.39 is 0 Å². The average Bonchev–Trinajstić information content (AvgIpc) is 2.95. The molecule has 1 aliphatic heterocycles. The quantitative estimate of drug-likeness (QED) is 0.617. The van der Waals surface area contributed by atoms with E-state index in [-0.39, 0.29) is 0 Å². The molecule has 1 saturated carbocycles. The van der Waals surface area contributed by atoms with E-state index in [1.54, 1.807) is 0 Å². The zero-order valence-corrected chi connectivity index (χ0v) is 9.41. The maximum Gasteiger partial charge on any atom is 0.182 e. The summed E-state index contributed by atoms with van der Waals surface area (Å²) in [6.07, 6.45) is 8.52. The Kier molecular flexibility index (Phi) is 3.54. The van der Waals surface area contributed by atoms with E-state index in [0.717, 1.165) is 30.8 Å². The van der Waals surface area contributed by atoms with Crippen molar-refractivity contribution in [3.8, 4) is 0 Å². The maximum atomic E-state index is 5.77. The van der Waals surface area contributed by atoms with Crippen molar-refractivity contribution in [1.29, 1.82) is 0 Å². The molecule has 14 heavy (non-hydrogen) atoms. The standard InChI is InChI=1S/C12H22BN/c1-2-3-4-11-9-12(11)10-5-7-14(13)8-6-10/h10-12H,2-9H2,1H3. The van der Waals surface area contributed by atoms with Crippen molar-refractivity contribution in [2.45, 2.75) is 45.4 Å². The van der Waals surface area contributed by atoms with Gasteiger partial charge < -0.3 is 4.81 Å². The van der Waals surface area contributed by atoms with Crippen LogP contribution in [-0.2, 0) is 0 Å². The maximum absolute atomic E-state index is 5.77. The molecule has 0 aromatic carbocycles. The first-order valence-electron chi connectivity index (χ1n) is 6.31. The second-order valence-electron chi connectivity index (χ2n) is 5.18. The molecule has 0 aromatic rings. The summed E-state index contributed by atoms with van der Waals surface area (Å²) in [5.74, 6) is 3.18. The van der Waals surface area contributed by atoms with Gasteiger partial charge in [0.25, 0.3) is 0 Å². The third-order valence-corrected chi connectivity index (χ3v) is 4.09. The highest BCUT2D eigenvalue weighted by Crippen LogP contribution is 2.50. The summed E-state index contributed by atoms with van der Waals surface area (Å²) in [5, 5.41) is 0. The molecule has 2 rings (SSSR count). The molecule has 0 amide bonds. The van der Waals surface area contributed by atoms with E-state index in [1.165, 1.54) is 38.5 Å². The molecule has 0 spiro atoms. The summed E-state index contributed by atoms with van der Waals surface area (Å²) < 4.78 is 0. The molecule has 0 aromatic heterocycles. The van der Waals surface area contributed by atoms with Crippen molar-refractivity contribution >= 4 is 7.98 Å². The zero-order valence-electron chi connectivity index (χ0n) is 9.41. The number of piperidine rings is 1. The van der Waals surface area contributed by atoms with Gasteiger partial charge in [0.15, 0.2) is 7.98 Å². The van der Waals surface area contributed by atoms with Gasteiger partial charge in [-0.1, -0.05) is 26.2 Å². The van der Waals surface area contributed by atoms with Gasteiger partial charge in [-0.25, -0.2) is 0 Å². The molecule has 1 nitrogen and oxygen atoms in total. The van der Waals surface area contributed by atoms with E-state index in [2.05, 4.69) is 6.92 Å². The van der Waals surface area contributed by atoms with Gasteiger partial charge in [-0.2, -0.15) is 0 Å². The van der Waals surface area contributed by atoms with E-state index in [1.807, 2.05) is 4.81 Å². The summed E-state index contributed by atoms with van der Waals surface area (Å²) in [5.41, 5.74) is 0. The van der Waals surface area contributed by atoms with Crippen LogP contribution in [-0.4, -0.2) is 25.9 Å². The third kappa shape index (κ3) is 2.53. The first-order chi connectivity index (χ1) is 6.81. The van der Waals surface area contributed by atoms with Gasteiger partial charge in [0, 0.05) is 0 Å². The van der Waals surface area contributed by atoms with Gasteiger partial charge in [0.05, 0.1) is 0 Å². The monoisotopic (exact) mass is 191 g/mol. The number of hydrogen-bond acceptors (Lipinski definition) is 1. The molecule has 2 unspecified atom stereocenters. The lowest BCUT2D eigenvalue weighted by molar-refractivity contribution is 0.250. The van der Waals surface area contributed by atoms with E-state index in [4.69, 9.17) is 7.98 Å². The first kappa shape index (κ1) is 10.5. The van der Waals surface area contributed by atoms with Gasteiger partial charge in [0.2, 0.25) is 0 Å². The number of hydrogen-bond donors (Lipinski definition) is 0. The molecular weight excluding hydrogens is 169 g/mol. The van der Waals surface area contributed by atoms with Crippen molar-refractivity contribution < 1.29 is 0 Å². The molecule has 2 aliphatic rings. The fourth-order valence-electron chi connectivity index (χ4n) is 2.99. The fraction of sp³-hybridized carbons (Fsp3) is 1.00. The minimum atomic E-state index is 1.01. The normalized spacial score (nSPS) is 34.6. The number of rotatable bonds is 4. The first-order valence-corrected chi connectivity index (χ1v) is 6.31. The molecular formula is C12H22BN. The van der Waals surface area contributed by atoms with Gasteiger partial charge in [-0.15, -0.1) is 0 Å². The smallest absolute Gasteiger partial charge is 0.182 e. The molecule has 2 atom stereocenters. The van der Waals surface area contributed by atoms with Gasteiger partial charge >= 0.3 is 0 Å². The van der Waals surface area contributed by atoms with Crippen LogP contribution < -0.4 is 0 Å². The molecule has 2 fully saturated rings. The predicted octanol–water partition coefficient (Wildman–Crippen LogP) is 2.61. The van der Waals surface area contributed by atoms with Gasteiger partial charge in [-0.3, -0.25) is 0 Å². The molecule has 2 radical (unpaired) electrons. The van der Waals surface area contributed by atoms with Crippen LogP contribution >= 0.6 is 0 Å². The van der Waals surface area contributed by atoms with Crippen molar-refractivity contribution in [3.05, 3.63) is 0 Å². The Morgan fingerprint density at radius 3 is 2.64 bits per heavy atom. The Morgan fingerprint density at radius 1 is 1.29 bits per heavy atom. The van der Waals surface area contributed by atoms with Crippen LogP contribution in [0.25, 0.3) is 0 Å². The SMILES string of the molecule is [B]N1CCC(C2CC2CCCC)CC1. The lowest BCUT2D eigenvalue weighted by Gasteiger charge is -2.29. The summed E-state index contributed by atoms with van der Waals surface area (Å²) in [4.78, 5) is 1.99. The highest BCUT2D eigenvalue weighted by Gasteiger charge is 2.42. The molecule has 1 aliphatic carbocycles. The largest absolute Gasteiger partial charge is 0.353 e. The number of unbranched alkanes of at least 4 members (excludes halogenated alkanes) is 1. The molecule has 1 heterocycles. The van der Waals surface area contributed by atoms with Crippen LogP contribution in [0.4, 0.5) is 0 Å². The summed E-state index contributed by atoms with van der Waals surface area (Å²) >= 11 is 0. The van der Waals surface area contributed by atoms with E-state index in [9.17, 15) is 0 Å². The lowest BCUT2D eigenvalue weighted by Crippen LogP contribution is -2.32. The van der Waals surface area contributed by atoms with Crippen LogP contribution in [0, 0.1) is 17.8 Å². The summed E-state index contributed by atoms with van der Waals surface area (Å²) in [6, 6.07) is 0. The third-order valence-electron chi connectivity index (χ3n) is 4.09. The molecule has 78 valence electrons. The Balaban J connectivity index is 1.66. The molecule has 0 bridgehead atoms. The van der Waals surface area contributed by atoms with E-state index >= 15 is 0 Å². The van der Waals surface area contributed by atoms with Crippen LogP contribution in [0.5, 0.6) is 0 Å². The van der Waals surface area contributed by atoms with Gasteiger partial charge in [-0.05, 0) is 50.1 Å². The summed E-state index contributed by atoms with van der Waals surface area (Å²) in [7, 11) is 5.77. The molecule has 0 N–H and O–H groups in total. The minimum absolute atomic E-state index is 1.01. The lowest BCUT2D eigenvalue weighted by atomic mass is 9.89. The predicted molar refractivity (Wildman–Crippen MR) is 61.2 cm³/mol. The van der Waals surface area contributed by atoms with E-state index in [0.29, 0.717) is 0 Å². The molecule has 1 saturated heterocycles. The molecule has 2 heteroatoms. The van der Waals surface area contributed by atoms with Crippen molar-refractivity contribution in [1.82, 2.24) is 4.81 Å². The topological polar surface area (TPSA) is 3.24 Å². The van der Waals surface area contributed by atoms with Crippen LogP contribution in [0.3, 0.4) is 0 Å².